The van der Waals surface area contributed by atoms with E-state index in [1.807, 2.05) is 0 Å². The number of hydrogen-bond donors (Lipinski definition) is 2. The average molecular weight is 226 g/mol. The van der Waals surface area contributed by atoms with Crippen LogP contribution in [0.3, 0.4) is 0 Å². The number of carboxylic acids is 1. The van der Waals surface area contributed by atoms with E-state index in [0.717, 1.165) is 4.90 Å². The third-order valence-electron chi connectivity index (χ3n) is 1.46. The van der Waals surface area contributed by atoms with Crippen LogP contribution in [0.25, 0.3) is 0 Å². The van der Waals surface area contributed by atoms with Crippen LogP contribution in [-0.2, 0) is 9.59 Å². The average Bonchev–Trinajstić information content (AvgIpc) is 2.25. The second kappa shape index (κ2) is 6.02. The number of carboxylic acid groups (broad SMARTS) is 1. The highest BCUT2D eigenvalue weighted by molar-refractivity contribution is 8.00. The second-order valence-corrected chi connectivity index (χ2v) is 3.69. The number of pyridine rings is 1. The van der Waals surface area contributed by atoms with Crippen molar-refractivity contribution in [1.82, 2.24) is 10.3 Å². The summed E-state index contributed by atoms with van der Waals surface area (Å²) in [5.41, 5.74) is 0. The van der Waals surface area contributed by atoms with E-state index in [1.165, 1.54) is 11.8 Å². The van der Waals surface area contributed by atoms with Gasteiger partial charge in [-0.1, -0.05) is 0 Å². The monoisotopic (exact) mass is 226 g/mol. The maximum Gasteiger partial charge on any atom is 0.322 e. The number of nitrogens with zero attached hydrogens (tertiary/aromatic N) is 1. The number of nitrogens with one attached hydrogen (secondary N) is 1. The Morgan fingerprint density at radius 1 is 1.40 bits per heavy atom. The van der Waals surface area contributed by atoms with Crippen LogP contribution in [0.1, 0.15) is 0 Å². The Labute approximate surface area is 90.9 Å². The molecule has 1 rings (SSSR count). The Morgan fingerprint density at radius 2 is 2.07 bits per heavy atom. The zero-order valence-electron chi connectivity index (χ0n) is 7.84. The van der Waals surface area contributed by atoms with Crippen molar-refractivity contribution >= 4 is 23.6 Å². The molecule has 0 atom stereocenters. The first kappa shape index (κ1) is 11.5. The minimum Gasteiger partial charge on any atom is -0.480 e. The van der Waals surface area contributed by atoms with Crippen LogP contribution in [0.15, 0.2) is 29.4 Å². The predicted molar refractivity (Wildman–Crippen MR) is 55.6 cm³/mol. The minimum absolute atomic E-state index is 0.206. The number of carbonyl (C=O) groups excluding carboxylic acids is 1. The van der Waals surface area contributed by atoms with E-state index in [9.17, 15) is 9.59 Å². The molecule has 0 radical (unpaired) electrons. The summed E-state index contributed by atoms with van der Waals surface area (Å²) < 4.78 is 0. The predicted octanol–water partition coefficient (Wildman–Crippen LogP) is 0.374. The maximum atomic E-state index is 11.1. The summed E-state index contributed by atoms with van der Waals surface area (Å²) in [4.78, 5) is 26.0. The van der Waals surface area contributed by atoms with Crippen molar-refractivity contribution in [1.29, 1.82) is 0 Å². The molecule has 0 aromatic carbocycles. The van der Waals surface area contributed by atoms with E-state index >= 15 is 0 Å². The molecule has 1 aromatic heterocycles. The number of hydrogen-bond acceptors (Lipinski definition) is 4. The van der Waals surface area contributed by atoms with Crippen molar-refractivity contribution in [2.75, 3.05) is 12.3 Å². The van der Waals surface area contributed by atoms with Gasteiger partial charge in [0.1, 0.15) is 6.54 Å². The van der Waals surface area contributed by atoms with E-state index in [0.29, 0.717) is 0 Å². The topological polar surface area (TPSA) is 79.3 Å². The van der Waals surface area contributed by atoms with Gasteiger partial charge in [0.05, 0.1) is 5.75 Å². The fourth-order valence-electron chi connectivity index (χ4n) is 0.809. The summed E-state index contributed by atoms with van der Waals surface area (Å²) in [5.74, 6) is -1.13. The molecule has 0 aliphatic carbocycles. The second-order valence-electron chi connectivity index (χ2n) is 2.64. The molecular weight excluding hydrogens is 216 g/mol. The van der Waals surface area contributed by atoms with Crippen molar-refractivity contribution in [3.05, 3.63) is 24.5 Å². The van der Waals surface area contributed by atoms with Gasteiger partial charge in [0.25, 0.3) is 0 Å². The molecule has 0 saturated heterocycles. The van der Waals surface area contributed by atoms with Crippen molar-refractivity contribution < 1.29 is 14.7 Å². The molecular formula is C9H10N2O3S. The largest absolute Gasteiger partial charge is 0.480 e. The van der Waals surface area contributed by atoms with Gasteiger partial charge in [-0.05, 0) is 12.1 Å². The van der Waals surface area contributed by atoms with Crippen LogP contribution in [0.2, 0.25) is 0 Å². The molecule has 1 aromatic rings. The first-order chi connectivity index (χ1) is 7.18. The fourth-order valence-corrected chi connectivity index (χ4v) is 1.52. The zero-order chi connectivity index (χ0) is 11.1. The number of carbonyl (C=O) groups is 2. The molecule has 0 aliphatic rings. The normalized spacial score (nSPS) is 9.60. The first-order valence-corrected chi connectivity index (χ1v) is 5.18. The lowest BCUT2D eigenvalue weighted by Gasteiger charge is -2.01. The Bertz CT molecular complexity index is 342. The van der Waals surface area contributed by atoms with Gasteiger partial charge in [0, 0.05) is 17.3 Å². The lowest BCUT2D eigenvalue weighted by Crippen LogP contribution is -2.30. The summed E-state index contributed by atoms with van der Waals surface area (Å²) in [7, 11) is 0. The van der Waals surface area contributed by atoms with Crippen LogP contribution < -0.4 is 5.32 Å². The van der Waals surface area contributed by atoms with E-state index < -0.39 is 5.97 Å². The van der Waals surface area contributed by atoms with Crippen LogP contribution in [0.5, 0.6) is 0 Å². The molecule has 6 heteroatoms. The highest BCUT2D eigenvalue weighted by Gasteiger charge is 2.04. The number of amides is 1. The van der Waals surface area contributed by atoms with Crippen molar-refractivity contribution in [2.45, 2.75) is 4.90 Å². The zero-order valence-corrected chi connectivity index (χ0v) is 8.66. The Balaban J connectivity index is 2.26. The third kappa shape index (κ3) is 5.02. The molecule has 0 unspecified atom stereocenters. The van der Waals surface area contributed by atoms with Gasteiger partial charge in [-0.3, -0.25) is 14.6 Å². The quantitative estimate of drug-likeness (QED) is 0.709. The summed E-state index contributed by atoms with van der Waals surface area (Å²) in [5, 5.41) is 10.6. The number of aromatic nitrogens is 1. The van der Waals surface area contributed by atoms with Gasteiger partial charge >= 0.3 is 5.97 Å². The molecule has 5 nitrogen and oxygen atoms in total. The fraction of sp³-hybridized carbons (Fsp3) is 0.222. The number of rotatable bonds is 5. The molecule has 0 aliphatic heterocycles. The molecule has 0 bridgehead atoms. The Hall–Kier alpha value is -1.56. The van der Waals surface area contributed by atoms with Crippen LogP contribution in [0.4, 0.5) is 0 Å². The van der Waals surface area contributed by atoms with Gasteiger partial charge in [0.2, 0.25) is 5.91 Å². The van der Waals surface area contributed by atoms with E-state index in [2.05, 4.69) is 10.3 Å². The van der Waals surface area contributed by atoms with Crippen molar-refractivity contribution in [3.63, 3.8) is 0 Å². The highest BCUT2D eigenvalue weighted by atomic mass is 32.2. The smallest absolute Gasteiger partial charge is 0.322 e. The van der Waals surface area contributed by atoms with Gasteiger partial charge in [0.15, 0.2) is 0 Å². The molecule has 0 saturated carbocycles. The third-order valence-corrected chi connectivity index (χ3v) is 2.47. The highest BCUT2D eigenvalue weighted by Crippen LogP contribution is 2.15. The summed E-state index contributed by atoms with van der Waals surface area (Å²) >= 11 is 1.34. The molecule has 2 N–H and O–H groups in total. The Kier molecular flexibility index (Phi) is 4.62. The maximum absolute atomic E-state index is 11.1. The lowest BCUT2D eigenvalue weighted by molar-refractivity contribution is -0.137. The van der Waals surface area contributed by atoms with E-state index in [-0.39, 0.29) is 18.2 Å². The van der Waals surface area contributed by atoms with Gasteiger partial charge in [-0.15, -0.1) is 11.8 Å². The van der Waals surface area contributed by atoms with Crippen LogP contribution in [0, 0.1) is 0 Å². The van der Waals surface area contributed by atoms with Crippen LogP contribution in [-0.4, -0.2) is 34.3 Å². The minimum atomic E-state index is -1.04. The van der Waals surface area contributed by atoms with Crippen molar-refractivity contribution in [3.8, 4) is 0 Å². The lowest BCUT2D eigenvalue weighted by atomic mass is 10.5. The molecule has 1 amide bonds. The summed E-state index contributed by atoms with van der Waals surface area (Å²) in [6, 6.07) is 3.57. The summed E-state index contributed by atoms with van der Waals surface area (Å²) in [6.07, 6.45) is 3.27. The standard InChI is InChI=1S/C9H10N2O3S/c12-8(11-5-9(13)14)6-15-7-1-3-10-4-2-7/h1-4H,5-6H2,(H,11,12)(H,13,14). The molecule has 1 heterocycles. The Morgan fingerprint density at radius 3 is 2.67 bits per heavy atom. The number of thioether (sulfide) groups is 1. The van der Waals surface area contributed by atoms with Gasteiger partial charge in [-0.25, -0.2) is 0 Å². The van der Waals surface area contributed by atoms with Crippen molar-refractivity contribution in [2.24, 2.45) is 0 Å². The summed E-state index contributed by atoms with van der Waals surface area (Å²) in [6.45, 7) is -0.338. The molecule has 0 spiro atoms. The molecule has 0 fully saturated rings. The molecule has 15 heavy (non-hydrogen) atoms. The van der Waals surface area contributed by atoms with Crippen LogP contribution >= 0.6 is 11.8 Å². The van der Waals surface area contributed by atoms with E-state index in [1.54, 1.807) is 24.5 Å². The SMILES string of the molecule is O=C(O)CNC(=O)CSc1ccncc1. The van der Waals surface area contributed by atoms with E-state index in [4.69, 9.17) is 5.11 Å². The van der Waals surface area contributed by atoms with Gasteiger partial charge in [-0.2, -0.15) is 0 Å². The first-order valence-electron chi connectivity index (χ1n) is 4.20. The van der Waals surface area contributed by atoms with Gasteiger partial charge < -0.3 is 10.4 Å². The molecule has 80 valence electrons. The number of aliphatic carboxylic acids is 1.